The quantitative estimate of drug-likeness (QED) is 0.107. The summed E-state index contributed by atoms with van der Waals surface area (Å²) < 4.78 is 121. The Hall–Kier alpha value is 1.57. The van der Waals surface area contributed by atoms with Crippen LogP contribution in [-0.2, 0) is 61.7 Å². The lowest BCUT2D eigenvalue weighted by Gasteiger charge is -2.64. The smallest absolute Gasteiger partial charge is 0.373 e. The van der Waals surface area contributed by atoms with Gasteiger partial charge in [-0.05, 0) is 59.2 Å². The minimum Gasteiger partial charge on any atom is -0.373 e. The summed E-state index contributed by atoms with van der Waals surface area (Å²) in [6.07, 6.45) is 0. The molecule has 10 bridgehead atoms. The molecule has 0 aromatic heterocycles. The zero-order valence-electron chi connectivity index (χ0n) is 44.0. The van der Waals surface area contributed by atoms with E-state index in [4.69, 9.17) is 61.7 Å². The Kier molecular flexibility index (Phi) is 17.3. The van der Waals surface area contributed by atoms with Gasteiger partial charge in [-0.2, -0.15) is 0 Å². The zero-order valence-corrected chi connectivity index (χ0v) is 54.0. The van der Waals surface area contributed by atoms with Crippen molar-refractivity contribution in [3.8, 4) is 0 Å². The van der Waals surface area contributed by atoms with Crippen LogP contribution in [0.3, 0.4) is 0 Å². The molecular weight excluding hydrogens is 1000 g/mol. The summed E-state index contributed by atoms with van der Waals surface area (Å²) in [4.78, 5) is 0. The minimum absolute atomic E-state index is 0.0536. The maximum Gasteiger partial charge on any atom is 0.479 e. The number of rotatable bonds is 20. The van der Waals surface area contributed by atoms with Crippen LogP contribution in [0, 0.1) is 59.2 Å². The molecule has 25 heteroatoms. The van der Waals surface area contributed by atoms with Crippen LogP contribution in [0.2, 0.25) is 60.4 Å². The van der Waals surface area contributed by atoms with E-state index in [0.717, 1.165) is 0 Å². The van der Waals surface area contributed by atoms with Crippen LogP contribution in [0.4, 0.5) is 0 Å². The van der Waals surface area contributed by atoms with Crippen molar-refractivity contribution in [3.05, 3.63) is 0 Å². The molecule has 0 atom stereocenters. The standard InChI is InChI=1S/C40H90O15Si10/c1-31(2)21-56-41-57(22-32(3)4)48-60(25-35(9)10)42-58(46-56,23-33(5)6)50-62(27-37(13)14)44-64(52-60,29-39(17)18)55-65(30-40(19)20)45-63(54-62,28-38(15)16)51-59(47-56,24-34(7)8)43-61(49-57,53-65)26-36(11)12/h31-40H,21-30H2,1-20H3. The highest BCUT2D eigenvalue weighted by Gasteiger charge is 2.84. The predicted octanol–water partition coefficient (Wildman–Crippen LogP) is 11.3. The van der Waals surface area contributed by atoms with Crippen molar-refractivity contribution in [2.24, 2.45) is 59.2 Å². The van der Waals surface area contributed by atoms with E-state index in [9.17, 15) is 0 Å². The van der Waals surface area contributed by atoms with Crippen molar-refractivity contribution in [3.63, 3.8) is 0 Å². The molecule has 0 amide bonds. The second-order valence-corrected chi connectivity index (χ2v) is 54.3. The molecule has 5 aliphatic heterocycles. The van der Waals surface area contributed by atoms with Gasteiger partial charge in [-0.15, -0.1) is 0 Å². The fraction of sp³-hybridized carbons (Fsp3) is 1.00. The molecule has 65 heavy (non-hydrogen) atoms. The van der Waals surface area contributed by atoms with E-state index in [1.165, 1.54) is 0 Å². The normalized spacial score (nSPS) is 42.0. The SMILES string of the molecule is CC(C)C[Si]12O[Si]3(CC(C)C)O[Si]4(CC(C)C)O[Si](CC(C)C)(O1)O[Si]1(CC(C)C)O[Si](CC(C)C)(O4)O[Si]4(CC(C)C)O[Si](CC(C)C)(O[Si](CC(C)C)(O[Si](CC(C)C)(O3)O4)O2)O1. The Labute approximate surface area is 405 Å². The molecule has 5 rings (SSSR count). The molecule has 5 saturated heterocycles. The summed E-state index contributed by atoms with van der Waals surface area (Å²) >= 11 is 0. The van der Waals surface area contributed by atoms with Gasteiger partial charge in [0.15, 0.2) is 0 Å². The molecular formula is C40H90O15Si10. The molecule has 0 aliphatic carbocycles. The van der Waals surface area contributed by atoms with Gasteiger partial charge in [0.05, 0.1) is 0 Å². The van der Waals surface area contributed by atoms with Gasteiger partial charge in [0.25, 0.3) is 0 Å². The molecule has 0 spiro atoms. The first-order valence-corrected chi connectivity index (χ1v) is 44.6. The third-order valence-electron chi connectivity index (χ3n) is 11.2. The van der Waals surface area contributed by atoms with Crippen LogP contribution in [0.1, 0.15) is 138 Å². The molecule has 5 heterocycles. The Morgan fingerprint density at radius 2 is 0.215 bits per heavy atom. The first kappa shape index (κ1) is 55.9. The monoisotopic (exact) mass is 1090 g/mol. The van der Waals surface area contributed by atoms with E-state index in [2.05, 4.69) is 138 Å². The van der Waals surface area contributed by atoms with Crippen molar-refractivity contribution < 1.29 is 61.7 Å². The summed E-state index contributed by atoms with van der Waals surface area (Å²) in [6.45, 7) is 43.6. The van der Waals surface area contributed by atoms with E-state index in [1.807, 2.05) is 0 Å². The highest BCUT2D eigenvalue weighted by molar-refractivity contribution is 7.04. The largest absolute Gasteiger partial charge is 0.479 e. The highest BCUT2D eigenvalue weighted by atomic mass is 28.6. The van der Waals surface area contributed by atoms with E-state index < -0.39 is 88.0 Å². The highest BCUT2D eigenvalue weighted by Crippen LogP contribution is 2.57. The van der Waals surface area contributed by atoms with Gasteiger partial charge in [0, 0.05) is 60.4 Å². The predicted molar refractivity (Wildman–Crippen MR) is 270 cm³/mol. The van der Waals surface area contributed by atoms with Gasteiger partial charge in [-0.1, -0.05) is 138 Å². The summed E-state index contributed by atoms with van der Waals surface area (Å²) in [5, 5.41) is 0. The van der Waals surface area contributed by atoms with Crippen LogP contribution in [0.15, 0.2) is 0 Å². The topological polar surface area (TPSA) is 138 Å². The number of fused-ring (bicyclic) bond motifs is 10. The lowest BCUT2D eigenvalue weighted by molar-refractivity contribution is -0.0331. The lowest BCUT2D eigenvalue weighted by atomic mass is 10.3. The van der Waals surface area contributed by atoms with Gasteiger partial charge in [-0.25, -0.2) is 0 Å². The van der Waals surface area contributed by atoms with Crippen LogP contribution < -0.4 is 0 Å². The fourth-order valence-corrected chi connectivity index (χ4v) is 75.1. The molecule has 0 radical (unpaired) electrons. The van der Waals surface area contributed by atoms with Gasteiger partial charge >= 0.3 is 88.0 Å². The fourth-order valence-electron chi connectivity index (χ4n) is 10.4. The molecule has 0 saturated carbocycles. The van der Waals surface area contributed by atoms with Gasteiger partial charge in [-0.3, -0.25) is 0 Å². The molecule has 15 nitrogen and oxygen atoms in total. The third-order valence-corrected chi connectivity index (χ3v) is 61.7. The van der Waals surface area contributed by atoms with Crippen molar-refractivity contribution in [2.75, 3.05) is 0 Å². The Morgan fingerprint density at radius 1 is 0.154 bits per heavy atom. The van der Waals surface area contributed by atoms with Gasteiger partial charge < -0.3 is 61.7 Å². The maximum atomic E-state index is 8.12. The molecule has 0 N–H and O–H groups in total. The summed E-state index contributed by atoms with van der Waals surface area (Å²) in [5.41, 5.74) is 0. The first-order chi connectivity index (χ1) is 29.8. The van der Waals surface area contributed by atoms with E-state index >= 15 is 0 Å². The second-order valence-electron chi connectivity index (χ2n) is 24.3. The van der Waals surface area contributed by atoms with Crippen molar-refractivity contribution in [1.29, 1.82) is 0 Å². The van der Waals surface area contributed by atoms with Gasteiger partial charge in [0.2, 0.25) is 0 Å². The van der Waals surface area contributed by atoms with Crippen LogP contribution >= 0.6 is 0 Å². The van der Waals surface area contributed by atoms with E-state index in [1.54, 1.807) is 0 Å². The van der Waals surface area contributed by atoms with Crippen molar-refractivity contribution in [2.45, 2.75) is 199 Å². The van der Waals surface area contributed by atoms with Crippen LogP contribution in [0.5, 0.6) is 0 Å². The zero-order chi connectivity index (χ0) is 48.5. The van der Waals surface area contributed by atoms with E-state index in [-0.39, 0.29) is 59.2 Å². The average molecular weight is 1090 g/mol. The molecule has 5 fully saturated rings. The molecule has 5 aliphatic rings. The van der Waals surface area contributed by atoms with Crippen LogP contribution in [0.25, 0.3) is 0 Å². The Balaban J connectivity index is 1.93. The third kappa shape index (κ3) is 13.2. The van der Waals surface area contributed by atoms with Crippen LogP contribution in [-0.4, -0.2) is 88.0 Å². The number of hydrogen-bond acceptors (Lipinski definition) is 15. The number of hydrogen-bond donors (Lipinski definition) is 0. The average Bonchev–Trinajstić information content (AvgIpc) is 2.96. The minimum atomic E-state index is -4.17. The summed E-state index contributed by atoms with van der Waals surface area (Å²) in [6, 6.07) is 4.23. The molecule has 380 valence electrons. The van der Waals surface area contributed by atoms with Gasteiger partial charge in [0.1, 0.15) is 0 Å². The summed E-state index contributed by atoms with van der Waals surface area (Å²) in [7, 11) is -41.7. The lowest BCUT2D eigenvalue weighted by Crippen LogP contribution is -2.88. The summed E-state index contributed by atoms with van der Waals surface area (Å²) in [5.74, 6) is 0.536. The first-order valence-electron chi connectivity index (χ1n) is 25.3. The van der Waals surface area contributed by atoms with Crippen molar-refractivity contribution >= 4 is 88.0 Å². The Bertz CT molecular complexity index is 1220. The van der Waals surface area contributed by atoms with Crippen molar-refractivity contribution in [1.82, 2.24) is 0 Å². The molecule has 0 aromatic rings. The maximum absolute atomic E-state index is 8.12. The molecule has 0 unspecified atom stereocenters. The molecule has 0 aromatic carbocycles. The Morgan fingerprint density at radius 3 is 0.262 bits per heavy atom. The second kappa shape index (κ2) is 20.1. The van der Waals surface area contributed by atoms with E-state index in [0.29, 0.717) is 60.4 Å².